The third kappa shape index (κ3) is 3.28. The molecule has 2 aromatic rings. The number of hydrogen-bond acceptors (Lipinski definition) is 3. The highest BCUT2D eigenvalue weighted by Gasteiger charge is 1.96. The third-order valence-corrected chi connectivity index (χ3v) is 1.95. The van der Waals surface area contributed by atoms with Crippen molar-refractivity contribution in [2.75, 3.05) is 11.5 Å². The van der Waals surface area contributed by atoms with Gasteiger partial charge in [-0.2, -0.15) is 0 Å². The highest BCUT2D eigenvalue weighted by atomic mass is 16.1. The minimum atomic E-state index is 0.167. The molecule has 2 rings (SSSR count). The Balaban J connectivity index is 0.000000280. The first-order chi connectivity index (χ1) is 7.50. The Kier molecular flexibility index (Phi) is 3.89. The van der Waals surface area contributed by atoms with Gasteiger partial charge >= 0.3 is 0 Å². The fourth-order valence-corrected chi connectivity index (χ4v) is 1.28. The van der Waals surface area contributed by atoms with Crippen LogP contribution >= 0.6 is 0 Å². The zero-order valence-electron chi connectivity index (χ0n) is 9.53. The van der Waals surface area contributed by atoms with Gasteiger partial charge in [0.2, 0.25) is 0 Å². The first-order valence-corrected chi connectivity index (χ1v) is 5.01. The van der Waals surface area contributed by atoms with E-state index in [4.69, 9.17) is 11.5 Å². The summed E-state index contributed by atoms with van der Waals surface area (Å²) < 4.78 is 0. The lowest BCUT2D eigenvalue weighted by Gasteiger charge is -2.02. The fourth-order valence-electron chi connectivity index (χ4n) is 1.28. The van der Waals surface area contributed by atoms with Crippen LogP contribution in [0.15, 0.2) is 36.4 Å². The molecule has 0 amide bonds. The quantitative estimate of drug-likeness (QED) is 0.665. The summed E-state index contributed by atoms with van der Waals surface area (Å²) in [5.74, 6) is 0.167. The second-order valence-electron chi connectivity index (χ2n) is 3.74. The molecule has 0 unspecified atom stereocenters. The molecule has 0 atom stereocenters. The fraction of sp³-hybridized carbons (Fsp3) is 0.154. The lowest BCUT2D eigenvalue weighted by Crippen LogP contribution is -1.93. The van der Waals surface area contributed by atoms with E-state index in [0.717, 1.165) is 10.8 Å². The van der Waals surface area contributed by atoms with Crippen LogP contribution in [0.3, 0.4) is 0 Å². The number of nitrogens with two attached hydrogens (primary N) is 2. The zero-order valence-corrected chi connectivity index (χ0v) is 9.53. The van der Waals surface area contributed by atoms with Crippen LogP contribution < -0.4 is 11.5 Å². The van der Waals surface area contributed by atoms with Crippen LogP contribution in [0.2, 0.25) is 0 Å². The number of ketones is 1. The van der Waals surface area contributed by atoms with Gasteiger partial charge in [0.05, 0.1) is 11.4 Å². The Labute approximate surface area is 95.1 Å². The van der Waals surface area contributed by atoms with Crippen molar-refractivity contribution in [1.29, 1.82) is 0 Å². The number of hydrogen-bond donors (Lipinski definition) is 2. The summed E-state index contributed by atoms with van der Waals surface area (Å²) >= 11 is 0. The molecule has 0 aromatic heterocycles. The Bertz CT molecular complexity index is 462. The van der Waals surface area contributed by atoms with Gasteiger partial charge in [0.25, 0.3) is 0 Å². The summed E-state index contributed by atoms with van der Waals surface area (Å²) in [5, 5.41) is 2.26. The van der Waals surface area contributed by atoms with Gasteiger partial charge in [-0.3, -0.25) is 0 Å². The van der Waals surface area contributed by atoms with Gasteiger partial charge < -0.3 is 16.3 Å². The van der Waals surface area contributed by atoms with Crippen molar-refractivity contribution in [3.8, 4) is 0 Å². The smallest absolute Gasteiger partial charge is 0.126 e. The van der Waals surface area contributed by atoms with Crippen molar-refractivity contribution in [2.24, 2.45) is 0 Å². The second kappa shape index (κ2) is 5.16. The molecule has 0 saturated heterocycles. The van der Waals surface area contributed by atoms with Crippen molar-refractivity contribution in [3.63, 3.8) is 0 Å². The molecule has 3 nitrogen and oxygen atoms in total. The van der Waals surface area contributed by atoms with Crippen LogP contribution in [0, 0.1) is 0 Å². The highest BCUT2D eigenvalue weighted by molar-refractivity contribution is 5.90. The highest BCUT2D eigenvalue weighted by Crippen LogP contribution is 2.22. The van der Waals surface area contributed by atoms with Crippen LogP contribution in [0.5, 0.6) is 0 Å². The molecule has 0 bridgehead atoms. The molecule has 0 fully saturated rings. The van der Waals surface area contributed by atoms with Gasteiger partial charge in [-0.25, -0.2) is 0 Å². The molecular formula is C13H16N2O. The van der Waals surface area contributed by atoms with E-state index in [1.54, 1.807) is 0 Å². The van der Waals surface area contributed by atoms with Gasteiger partial charge in [0.15, 0.2) is 0 Å². The first kappa shape index (κ1) is 12.0. The molecular weight excluding hydrogens is 200 g/mol. The van der Waals surface area contributed by atoms with Gasteiger partial charge in [-0.15, -0.1) is 0 Å². The molecule has 0 heterocycles. The maximum Gasteiger partial charge on any atom is 0.126 e. The number of Topliss-reactive ketones (excluding diaryl/α,β-unsaturated/α-hetero) is 1. The van der Waals surface area contributed by atoms with Crippen molar-refractivity contribution < 1.29 is 4.79 Å². The minimum Gasteiger partial charge on any atom is -0.397 e. The molecule has 16 heavy (non-hydrogen) atoms. The van der Waals surface area contributed by atoms with Crippen LogP contribution in [-0.2, 0) is 4.79 Å². The van der Waals surface area contributed by atoms with Crippen LogP contribution in [0.1, 0.15) is 13.8 Å². The Hall–Kier alpha value is -2.03. The van der Waals surface area contributed by atoms with E-state index < -0.39 is 0 Å². The standard InChI is InChI=1S/C10H10N2.C3H6O/c11-9-5-7-3-1-2-4-8(7)6-10(9)12;1-3(2)4/h1-6H,11-12H2;1-2H3. The van der Waals surface area contributed by atoms with E-state index in [1.165, 1.54) is 13.8 Å². The molecule has 4 N–H and O–H groups in total. The zero-order chi connectivity index (χ0) is 12.1. The average molecular weight is 216 g/mol. The maximum atomic E-state index is 9.44. The minimum absolute atomic E-state index is 0.167. The monoisotopic (exact) mass is 216 g/mol. The number of carbonyl (C=O) groups excluding carboxylic acids is 1. The predicted octanol–water partition coefficient (Wildman–Crippen LogP) is 2.60. The SMILES string of the molecule is CC(C)=O.Nc1cc2ccccc2cc1N. The molecule has 0 radical (unpaired) electrons. The van der Waals surface area contributed by atoms with E-state index in [-0.39, 0.29) is 5.78 Å². The molecule has 0 saturated carbocycles. The Morgan fingerprint density at radius 3 is 1.56 bits per heavy atom. The topological polar surface area (TPSA) is 69.1 Å². The normalized spacial score (nSPS) is 9.38. The summed E-state index contributed by atoms with van der Waals surface area (Å²) in [4.78, 5) is 9.44. The molecule has 3 heteroatoms. The van der Waals surface area contributed by atoms with Crippen LogP contribution in [0.4, 0.5) is 11.4 Å². The lowest BCUT2D eigenvalue weighted by atomic mass is 10.1. The van der Waals surface area contributed by atoms with Crippen LogP contribution in [0.25, 0.3) is 10.8 Å². The molecule has 0 spiro atoms. The Morgan fingerprint density at radius 1 is 0.938 bits per heavy atom. The first-order valence-electron chi connectivity index (χ1n) is 5.01. The van der Waals surface area contributed by atoms with E-state index in [9.17, 15) is 4.79 Å². The molecule has 2 aromatic carbocycles. The summed E-state index contributed by atoms with van der Waals surface area (Å²) in [6, 6.07) is 11.8. The van der Waals surface area contributed by atoms with Gasteiger partial charge in [0, 0.05) is 0 Å². The summed E-state index contributed by atoms with van der Waals surface area (Å²) in [7, 11) is 0. The van der Waals surface area contributed by atoms with Crippen molar-refractivity contribution in [2.45, 2.75) is 13.8 Å². The number of nitrogen functional groups attached to an aromatic ring is 2. The number of rotatable bonds is 0. The van der Waals surface area contributed by atoms with Crippen LogP contribution in [-0.4, -0.2) is 5.78 Å². The predicted molar refractivity (Wildman–Crippen MR) is 69.1 cm³/mol. The largest absolute Gasteiger partial charge is 0.397 e. The van der Waals surface area contributed by atoms with E-state index in [0.29, 0.717) is 11.4 Å². The molecule has 0 aliphatic heterocycles. The number of benzene rings is 2. The van der Waals surface area contributed by atoms with E-state index in [1.807, 2.05) is 36.4 Å². The number of fused-ring (bicyclic) bond motifs is 1. The summed E-state index contributed by atoms with van der Waals surface area (Å²) in [5.41, 5.74) is 12.6. The average Bonchev–Trinajstić information content (AvgIpc) is 2.19. The molecule has 84 valence electrons. The van der Waals surface area contributed by atoms with Crippen molar-refractivity contribution >= 4 is 27.9 Å². The number of carbonyl (C=O) groups is 1. The van der Waals surface area contributed by atoms with Gasteiger partial charge in [-0.05, 0) is 36.8 Å². The second-order valence-corrected chi connectivity index (χ2v) is 3.74. The molecule has 0 aliphatic carbocycles. The van der Waals surface area contributed by atoms with Gasteiger partial charge in [0.1, 0.15) is 5.78 Å². The summed E-state index contributed by atoms with van der Waals surface area (Å²) in [6.07, 6.45) is 0. The van der Waals surface area contributed by atoms with Gasteiger partial charge in [-0.1, -0.05) is 24.3 Å². The van der Waals surface area contributed by atoms with Crippen molar-refractivity contribution in [1.82, 2.24) is 0 Å². The van der Waals surface area contributed by atoms with Crippen molar-refractivity contribution in [3.05, 3.63) is 36.4 Å². The number of anilines is 2. The summed E-state index contributed by atoms with van der Waals surface area (Å²) in [6.45, 7) is 3.06. The van der Waals surface area contributed by atoms with E-state index in [2.05, 4.69) is 0 Å². The maximum absolute atomic E-state index is 9.44. The lowest BCUT2D eigenvalue weighted by molar-refractivity contribution is -0.114. The third-order valence-electron chi connectivity index (χ3n) is 1.95. The van der Waals surface area contributed by atoms with E-state index >= 15 is 0 Å². The Morgan fingerprint density at radius 2 is 1.25 bits per heavy atom. The molecule has 0 aliphatic rings.